The van der Waals surface area contributed by atoms with Gasteiger partial charge in [0.2, 0.25) is 5.91 Å². The summed E-state index contributed by atoms with van der Waals surface area (Å²) in [5.41, 5.74) is 0.970. The second-order valence-electron chi connectivity index (χ2n) is 5.48. The van der Waals surface area contributed by atoms with E-state index in [9.17, 15) is 4.79 Å². The smallest absolute Gasteiger partial charge is 0.225 e. The van der Waals surface area contributed by atoms with E-state index in [0.29, 0.717) is 25.5 Å². The van der Waals surface area contributed by atoms with E-state index < -0.39 is 0 Å². The van der Waals surface area contributed by atoms with E-state index in [1.165, 1.54) is 0 Å². The van der Waals surface area contributed by atoms with Gasteiger partial charge >= 0.3 is 0 Å². The Morgan fingerprint density at radius 1 is 1.65 bits per heavy atom. The molecule has 6 heteroatoms. The molecule has 5 nitrogen and oxygen atoms in total. The van der Waals surface area contributed by atoms with Crippen LogP contribution >= 0.6 is 11.3 Å². The zero-order chi connectivity index (χ0) is 14.5. The van der Waals surface area contributed by atoms with E-state index in [-0.39, 0.29) is 12.0 Å². The summed E-state index contributed by atoms with van der Waals surface area (Å²) in [6, 6.07) is 0. The summed E-state index contributed by atoms with van der Waals surface area (Å²) < 4.78 is 5.56. The Labute approximate surface area is 124 Å². The second-order valence-corrected chi connectivity index (χ2v) is 6.37. The van der Waals surface area contributed by atoms with Gasteiger partial charge in [-0.2, -0.15) is 0 Å². The molecule has 1 fully saturated rings. The highest BCUT2D eigenvalue weighted by Gasteiger charge is 2.20. The molecule has 1 aromatic heterocycles. The number of thiazole rings is 1. The van der Waals surface area contributed by atoms with Crippen LogP contribution in [0.2, 0.25) is 0 Å². The van der Waals surface area contributed by atoms with Crippen LogP contribution in [0.25, 0.3) is 0 Å². The van der Waals surface area contributed by atoms with Crippen LogP contribution in [0.15, 0.2) is 5.38 Å². The maximum absolute atomic E-state index is 12.2. The number of hydrogen-bond donors (Lipinski definition) is 1. The van der Waals surface area contributed by atoms with Gasteiger partial charge in [0.05, 0.1) is 36.4 Å². The van der Waals surface area contributed by atoms with Crippen molar-refractivity contribution in [3.05, 3.63) is 16.1 Å². The minimum absolute atomic E-state index is 0.000332. The van der Waals surface area contributed by atoms with Crippen LogP contribution < -0.4 is 5.32 Å². The van der Waals surface area contributed by atoms with Gasteiger partial charge in [-0.05, 0) is 0 Å². The molecule has 1 amide bonds. The third kappa shape index (κ3) is 4.26. The largest absolute Gasteiger partial charge is 0.375 e. The van der Waals surface area contributed by atoms with Crippen molar-refractivity contribution in [2.24, 2.45) is 0 Å². The molecule has 0 saturated carbocycles. The highest BCUT2D eigenvalue weighted by atomic mass is 32.1. The molecule has 1 aliphatic heterocycles. The third-order valence-electron chi connectivity index (χ3n) is 3.30. The number of morpholine rings is 1. The summed E-state index contributed by atoms with van der Waals surface area (Å²) in [5, 5.41) is 6.40. The number of rotatable bonds is 5. The molecule has 1 aliphatic rings. The number of ether oxygens (including phenoxy) is 1. The van der Waals surface area contributed by atoms with E-state index in [1.54, 1.807) is 16.2 Å². The molecular formula is C14H23N3O2S. The lowest BCUT2D eigenvalue weighted by Gasteiger charge is -2.25. The first kappa shape index (κ1) is 15.4. The first-order chi connectivity index (χ1) is 9.56. The zero-order valence-electron chi connectivity index (χ0n) is 12.4. The molecule has 0 aliphatic carbocycles. The minimum Gasteiger partial charge on any atom is -0.375 e. The SMILES string of the molecule is CC(C)c1nc(CN(C)C(=O)CC2CNCCO2)cs1. The number of aromatic nitrogens is 1. The number of hydrogen-bond acceptors (Lipinski definition) is 5. The van der Waals surface area contributed by atoms with Crippen LogP contribution in [0, 0.1) is 0 Å². The molecule has 2 heterocycles. The summed E-state index contributed by atoms with van der Waals surface area (Å²) in [6.45, 7) is 7.15. The van der Waals surface area contributed by atoms with E-state index in [2.05, 4.69) is 24.1 Å². The Hall–Kier alpha value is -0.980. The molecule has 1 unspecified atom stereocenters. The van der Waals surface area contributed by atoms with Gasteiger partial charge in [-0.15, -0.1) is 11.3 Å². The molecule has 1 atom stereocenters. The summed E-state index contributed by atoms with van der Waals surface area (Å²) >= 11 is 1.66. The molecule has 1 aromatic rings. The van der Waals surface area contributed by atoms with Gasteiger partial charge < -0.3 is 15.0 Å². The summed E-state index contributed by atoms with van der Waals surface area (Å²) in [5.74, 6) is 0.550. The normalized spacial score (nSPS) is 19.3. The fourth-order valence-electron chi connectivity index (χ4n) is 2.09. The number of carbonyl (C=O) groups excluding carboxylic acids is 1. The average molecular weight is 297 g/mol. The molecule has 1 N–H and O–H groups in total. The Morgan fingerprint density at radius 3 is 3.05 bits per heavy atom. The van der Waals surface area contributed by atoms with Gasteiger partial charge in [-0.25, -0.2) is 4.98 Å². The Kier molecular flexibility index (Phi) is 5.51. The van der Waals surface area contributed by atoms with Gasteiger partial charge in [-0.1, -0.05) is 13.8 Å². The Morgan fingerprint density at radius 2 is 2.45 bits per heavy atom. The van der Waals surface area contributed by atoms with E-state index in [0.717, 1.165) is 23.8 Å². The second kappa shape index (κ2) is 7.15. The predicted molar refractivity (Wildman–Crippen MR) is 79.9 cm³/mol. The van der Waals surface area contributed by atoms with Gasteiger partial charge in [0.25, 0.3) is 0 Å². The number of amides is 1. The van der Waals surface area contributed by atoms with Crippen molar-refractivity contribution in [2.45, 2.75) is 38.8 Å². The summed E-state index contributed by atoms with van der Waals surface area (Å²) in [6.07, 6.45) is 0.436. The topological polar surface area (TPSA) is 54.5 Å². The molecule has 0 bridgehead atoms. The molecule has 0 aromatic carbocycles. The standard InChI is InChI=1S/C14H23N3O2S/c1-10(2)14-16-11(9-20-14)8-17(3)13(18)6-12-7-15-4-5-19-12/h9-10,12,15H,4-8H2,1-3H3. The highest BCUT2D eigenvalue weighted by Crippen LogP contribution is 2.20. The van der Waals surface area contributed by atoms with Crippen molar-refractivity contribution in [2.75, 3.05) is 26.7 Å². The van der Waals surface area contributed by atoms with Crippen molar-refractivity contribution in [3.63, 3.8) is 0 Å². The first-order valence-corrected chi connectivity index (χ1v) is 7.95. The lowest BCUT2D eigenvalue weighted by Crippen LogP contribution is -2.41. The van der Waals surface area contributed by atoms with Crippen LogP contribution in [0.3, 0.4) is 0 Å². The number of nitrogens with zero attached hydrogens (tertiary/aromatic N) is 2. The molecule has 0 spiro atoms. The van der Waals surface area contributed by atoms with Crippen molar-refractivity contribution in [1.82, 2.24) is 15.2 Å². The Balaban J connectivity index is 1.83. The lowest BCUT2D eigenvalue weighted by molar-refractivity contribution is -0.134. The van der Waals surface area contributed by atoms with Crippen LogP contribution in [0.4, 0.5) is 0 Å². The van der Waals surface area contributed by atoms with Crippen LogP contribution in [0.1, 0.15) is 36.9 Å². The maximum atomic E-state index is 12.2. The maximum Gasteiger partial charge on any atom is 0.225 e. The minimum atomic E-state index is 0.000332. The van der Waals surface area contributed by atoms with Gasteiger partial charge in [0.15, 0.2) is 0 Å². The van der Waals surface area contributed by atoms with E-state index >= 15 is 0 Å². The predicted octanol–water partition coefficient (Wildman–Crippen LogP) is 1.60. The number of nitrogens with one attached hydrogen (secondary N) is 1. The molecule has 1 saturated heterocycles. The molecule has 2 rings (SSSR count). The molecule has 20 heavy (non-hydrogen) atoms. The van der Waals surface area contributed by atoms with Crippen LogP contribution in [0.5, 0.6) is 0 Å². The fraction of sp³-hybridized carbons (Fsp3) is 0.714. The van der Waals surface area contributed by atoms with Crippen molar-refractivity contribution in [1.29, 1.82) is 0 Å². The summed E-state index contributed by atoms with van der Waals surface area (Å²) in [4.78, 5) is 18.4. The lowest BCUT2D eigenvalue weighted by atomic mass is 10.2. The molecule has 112 valence electrons. The van der Waals surface area contributed by atoms with Crippen molar-refractivity contribution in [3.8, 4) is 0 Å². The van der Waals surface area contributed by atoms with Gasteiger partial charge in [-0.3, -0.25) is 4.79 Å². The average Bonchev–Trinajstić information content (AvgIpc) is 2.88. The van der Waals surface area contributed by atoms with Crippen molar-refractivity contribution < 1.29 is 9.53 Å². The van der Waals surface area contributed by atoms with Gasteiger partial charge in [0, 0.05) is 31.4 Å². The van der Waals surface area contributed by atoms with Crippen LogP contribution in [-0.4, -0.2) is 48.6 Å². The van der Waals surface area contributed by atoms with E-state index in [1.807, 2.05) is 12.4 Å². The Bertz CT molecular complexity index is 441. The van der Waals surface area contributed by atoms with Crippen molar-refractivity contribution >= 4 is 17.2 Å². The third-order valence-corrected chi connectivity index (χ3v) is 4.49. The van der Waals surface area contributed by atoms with Gasteiger partial charge in [0.1, 0.15) is 0 Å². The first-order valence-electron chi connectivity index (χ1n) is 7.07. The monoisotopic (exact) mass is 297 g/mol. The quantitative estimate of drug-likeness (QED) is 0.897. The zero-order valence-corrected chi connectivity index (χ0v) is 13.2. The summed E-state index contributed by atoms with van der Waals surface area (Å²) in [7, 11) is 1.83. The molecular weight excluding hydrogens is 274 g/mol. The fourth-order valence-corrected chi connectivity index (χ4v) is 2.92. The highest BCUT2D eigenvalue weighted by molar-refractivity contribution is 7.09. The molecule has 0 radical (unpaired) electrons. The van der Waals surface area contributed by atoms with Crippen LogP contribution in [-0.2, 0) is 16.1 Å². The van der Waals surface area contributed by atoms with E-state index in [4.69, 9.17) is 4.74 Å². The number of carbonyl (C=O) groups is 1.